The monoisotopic (exact) mass is 222 g/mol. The molecule has 0 aromatic rings. The maximum absolute atomic E-state index is 13.1. The minimum absolute atomic E-state index is 0.187. The maximum atomic E-state index is 13.1. The lowest BCUT2D eigenvalue weighted by molar-refractivity contribution is -0.180. The smallest absolute Gasteiger partial charge is 0.402 e. The highest BCUT2D eigenvalue weighted by atomic mass is 19.3. The first-order valence-corrected chi connectivity index (χ1v) is 4.71. The van der Waals surface area contributed by atoms with Crippen LogP contribution in [0.25, 0.3) is 0 Å². The average Bonchev–Trinajstić information content (AvgIpc) is 2.69. The van der Waals surface area contributed by atoms with E-state index in [9.17, 15) is 18.4 Å². The molecule has 1 fully saturated rings. The first kappa shape index (κ1) is 12.0. The standard InChI is InChI=1S/C9H12F2O4/c1-2-14-8(13)9(10,11)7(12)6-4-3-5-15-6/h6H,2-5H2,1H3. The number of esters is 1. The van der Waals surface area contributed by atoms with Gasteiger partial charge in [0.25, 0.3) is 0 Å². The van der Waals surface area contributed by atoms with Crippen molar-refractivity contribution in [2.75, 3.05) is 13.2 Å². The molecule has 1 atom stereocenters. The van der Waals surface area contributed by atoms with Gasteiger partial charge in [-0.05, 0) is 19.8 Å². The third kappa shape index (κ3) is 2.50. The number of Topliss-reactive ketones (excluding diaryl/α,β-unsaturated/α-hetero) is 1. The summed E-state index contributed by atoms with van der Waals surface area (Å²) in [7, 11) is 0. The van der Waals surface area contributed by atoms with E-state index in [2.05, 4.69) is 4.74 Å². The van der Waals surface area contributed by atoms with Gasteiger partial charge in [0, 0.05) is 6.61 Å². The van der Waals surface area contributed by atoms with Gasteiger partial charge in [-0.3, -0.25) is 4.79 Å². The SMILES string of the molecule is CCOC(=O)C(F)(F)C(=O)C1CCCO1. The van der Waals surface area contributed by atoms with Crippen LogP contribution in [0.4, 0.5) is 8.78 Å². The summed E-state index contributed by atoms with van der Waals surface area (Å²) in [5, 5.41) is 0. The Labute approximate surface area is 85.5 Å². The quantitative estimate of drug-likeness (QED) is 0.524. The predicted octanol–water partition coefficient (Wildman–Crippen LogP) is 0.933. The molecule has 0 spiro atoms. The van der Waals surface area contributed by atoms with Crippen molar-refractivity contribution >= 4 is 11.8 Å². The second kappa shape index (κ2) is 4.65. The van der Waals surface area contributed by atoms with Gasteiger partial charge in [-0.1, -0.05) is 0 Å². The van der Waals surface area contributed by atoms with Gasteiger partial charge >= 0.3 is 11.9 Å². The minimum atomic E-state index is -4.09. The fourth-order valence-electron chi connectivity index (χ4n) is 1.31. The Bertz CT molecular complexity index is 259. The van der Waals surface area contributed by atoms with E-state index in [0.29, 0.717) is 6.42 Å². The van der Waals surface area contributed by atoms with Crippen molar-refractivity contribution in [2.24, 2.45) is 0 Å². The van der Waals surface area contributed by atoms with E-state index in [1.807, 2.05) is 0 Å². The summed E-state index contributed by atoms with van der Waals surface area (Å²) in [6.45, 7) is 1.48. The lowest BCUT2D eigenvalue weighted by Crippen LogP contribution is -2.45. The molecule has 86 valence electrons. The Balaban J connectivity index is 2.66. The number of alkyl halides is 2. The lowest BCUT2D eigenvalue weighted by Gasteiger charge is -2.16. The van der Waals surface area contributed by atoms with Crippen LogP contribution in [0.1, 0.15) is 19.8 Å². The van der Waals surface area contributed by atoms with Crippen molar-refractivity contribution in [3.05, 3.63) is 0 Å². The molecule has 0 saturated carbocycles. The third-order valence-corrected chi connectivity index (χ3v) is 2.06. The number of hydrogen-bond donors (Lipinski definition) is 0. The molecule has 0 radical (unpaired) electrons. The van der Waals surface area contributed by atoms with Crippen LogP contribution >= 0.6 is 0 Å². The van der Waals surface area contributed by atoms with E-state index in [-0.39, 0.29) is 19.6 Å². The van der Waals surface area contributed by atoms with E-state index in [1.165, 1.54) is 6.92 Å². The van der Waals surface area contributed by atoms with E-state index >= 15 is 0 Å². The van der Waals surface area contributed by atoms with Crippen LogP contribution in [-0.4, -0.2) is 37.0 Å². The first-order valence-electron chi connectivity index (χ1n) is 4.71. The lowest BCUT2D eigenvalue weighted by atomic mass is 10.1. The minimum Gasteiger partial charge on any atom is -0.461 e. The molecule has 15 heavy (non-hydrogen) atoms. The van der Waals surface area contributed by atoms with Crippen LogP contribution in [0.15, 0.2) is 0 Å². The average molecular weight is 222 g/mol. The van der Waals surface area contributed by atoms with Crippen molar-refractivity contribution in [1.29, 1.82) is 0 Å². The predicted molar refractivity (Wildman–Crippen MR) is 45.6 cm³/mol. The topological polar surface area (TPSA) is 52.6 Å². The number of ether oxygens (including phenoxy) is 2. The van der Waals surface area contributed by atoms with Gasteiger partial charge in [0.15, 0.2) is 0 Å². The summed E-state index contributed by atoms with van der Waals surface area (Å²) >= 11 is 0. The summed E-state index contributed by atoms with van der Waals surface area (Å²) in [6.07, 6.45) is -0.396. The van der Waals surface area contributed by atoms with Gasteiger partial charge in [0.05, 0.1) is 6.61 Å². The van der Waals surface area contributed by atoms with Gasteiger partial charge in [0.1, 0.15) is 6.10 Å². The van der Waals surface area contributed by atoms with Gasteiger partial charge in [-0.15, -0.1) is 0 Å². The van der Waals surface area contributed by atoms with Crippen LogP contribution in [0.2, 0.25) is 0 Å². The molecule has 0 N–H and O–H groups in total. The highest BCUT2D eigenvalue weighted by molar-refractivity contribution is 6.07. The molecule has 0 bridgehead atoms. The molecule has 0 aliphatic carbocycles. The molecule has 1 unspecified atom stereocenters. The number of ketones is 1. The van der Waals surface area contributed by atoms with Crippen LogP contribution in [0.3, 0.4) is 0 Å². The molecular formula is C9H12F2O4. The Morgan fingerprint density at radius 3 is 2.67 bits per heavy atom. The molecule has 0 aromatic heterocycles. The molecule has 1 rings (SSSR count). The third-order valence-electron chi connectivity index (χ3n) is 2.06. The van der Waals surface area contributed by atoms with Crippen molar-refractivity contribution in [3.63, 3.8) is 0 Å². The molecule has 1 heterocycles. The van der Waals surface area contributed by atoms with Crippen molar-refractivity contribution < 1.29 is 27.8 Å². The highest BCUT2D eigenvalue weighted by Gasteiger charge is 2.52. The Morgan fingerprint density at radius 1 is 1.53 bits per heavy atom. The number of rotatable bonds is 4. The molecule has 0 amide bonds. The number of halogens is 2. The number of carbonyl (C=O) groups is 2. The fourth-order valence-corrected chi connectivity index (χ4v) is 1.31. The van der Waals surface area contributed by atoms with Crippen LogP contribution in [-0.2, 0) is 19.1 Å². The van der Waals surface area contributed by atoms with Crippen LogP contribution in [0, 0.1) is 0 Å². The number of carbonyl (C=O) groups excluding carboxylic acids is 2. The maximum Gasteiger partial charge on any atom is 0.402 e. The Morgan fingerprint density at radius 2 is 2.20 bits per heavy atom. The molecule has 0 aromatic carbocycles. The summed E-state index contributed by atoms with van der Waals surface area (Å²) in [5.74, 6) is -7.39. The second-order valence-corrected chi connectivity index (χ2v) is 3.16. The van der Waals surface area contributed by atoms with Crippen molar-refractivity contribution in [3.8, 4) is 0 Å². The van der Waals surface area contributed by atoms with E-state index in [1.54, 1.807) is 0 Å². The highest BCUT2D eigenvalue weighted by Crippen LogP contribution is 2.24. The molecule has 6 heteroatoms. The largest absolute Gasteiger partial charge is 0.461 e. The first-order chi connectivity index (χ1) is 7.00. The molecular weight excluding hydrogens is 210 g/mol. The van der Waals surface area contributed by atoms with E-state index in [4.69, 9.17) is 4.74 Å². The van der Waals surface area contributed by atoms with Gasteiger partial charge in [-0.2, -0.15) is 8.78 Å². The molecule has 4 nitrogen and oxygen atoms in total. The summed E-state index contributed by atoms with van der Waals surface area (Å²) in [5.41, 5.74) is 0. The Kier molecular flexibility index (Phi) is 3.73. The summed E-state index contributed by atoms with van der Waals surface area (Å²) in [4.78, 5) is 22.0. The second-order valence-electron chi connectivity index (χ2n) is 3.16. The Hall–Kier alpha value is -1.04. The fraction of sp³-hybridized carbons (Fsp3) is 0.778. The molecule has 1 aliphatic rings. The van der Waals surface area contributed by atoms with Gasteiger partial charge in [-0.25, -0.2) is 4.79 Å². The van der Waals surface area contributed by atoms with Gasteiger partial charge in [0.2, 0.25) is 5.78 Å². The van der Waals surface area contributed by atoms with E-state index in [0.717, 1.165) is 0 Å². The molecule has 1 aliphatic heterocycles. The zero-order valence-electron chi connectivity index (χ0n) is 8.29. The zero-order valence-corrected chi connectivity index (χ0v) is 8.29. The summed E-state index contributed by atoms with van der Waals surface area (Å²) in [6, 6.07) is 0. The normalized spacial score (nSPS) is 21.4. The zero-order chi connectivity index (χ0) is 11.5. The van der Waals surface area contributed by atoms with Gasteiger partial charge < -0.3 is 9.47 Å². The molecule has 1 saturated heterocycles. The van der Waals surface area contributed by atoms with Crippen molar-refractivity contribution in [1.82, 2.24) is 0 Å². The summed E-state index contributed by atoms with van der Waals surface area (Å²) < 4.78 is 35.2. The number of hydrogen-bond acceptors (Lipinski definition) is 4. The van der Waals surface area contributed by atoms with Crippen LogP contribution < -0.4 is 0 Å². The van der Waals surface area contributed by atoms with Crippen LogP contribution in [0.5, 0.6) is 0 Å². The van der Waals surface area contributed by atoms with Crippen molar-refractivity contribution in [2.45, 2.75) is 31.8 Å². The van der Waals surface area contributed by atoms with E-state index < -0.39 is 23.8 Å².